The smallest absolute Gasteiger partial charge is 0.165 e. The fourth-order valence-corrected chi connectivity index (χ4v) is 2.18. The molecule has 5 nitrogen and oxygen atoms in total. The number of nitrogens with zero attached hydrogens (tertiary/aromatic N) is 3. The number of aromatic amines is 1. The average Bonchev–Trinajstić information content (AvgIpc) is 2.95. The lowest BCUT2D eigenvalue weighted by Crippen LogP contribution is -2.28. The summed E-state index contributed by atoms with van der Waals surface area (Å²) < 4.78 is 2.20. The molecule has 0 radical (unpaired) electrons. The summed E-state index contributed by atoms with van der Waals surface area (Å²) in [5, 5.41) is 11.8. The van der Waals surface area contributed by atoms with E-state index in [0.717, 1.165) is 36.8 Å². The van der Waals surface area contributed by atoms with Crippen LogP contribution in [0.4, 0.5) is 0 Å². The minimum Gasteiger partial charge on any atom is -0.364 e. The lowest BCUT2D eigenvalue weighted by Gasteiger charge is -2.15. The van der Waals surface area contributed by atoms with E-state index in [0.29, 0.717) is 5.92 Å². The van der Waals surface area contributed by atoms with Crippen molar-refractivity contribution in [2.75, 3.05) is 6.54 Å². The second kappa shape index (κ2) is 4.00. The van der Waals surface area contributed by atoms with E-state index in [2.05, 4.69) is 45.0 Å². The molecule has 1 aliphatic rings. The van der Waals surface area contributed by atoms with Crippen molar-refractivity contribution in [2.24, 2.45) is 0 Å². The van der Waals surface area contributed by atoms with Crippen LogP contribution in [0.5, 0.6) is 0 Å². The van der Waals surface area contributed by atoms with Crippen molar-refractivity contribution < 1.29 is 0 Å². The predicted molar refractivity (Wildman–Crippen MR) is 65.6 cm³/mol. The molecule has 0 atom stereocenters. The number of fused-ring (bicyclic) bond motifs is 1. The summed E-state index contributed by atoms with van der Waals surface area (Å²) in [5.74, 6) is 2.51. The normalized spacial score (nSPS) is 15.2. The van der Waals surface area contributed by atoms with Crippen LogP contribution in [0.1, 0.15) is 31.3 Å². The molecule has 1 aliphatic heterocycles. The number of H-pyrrole nitrogens is 1. The summed E-state index contributed by atoms with van der Waals surface area (Å²) in [5.41, 5.74) is 2.38. The highest BCUT2D eigenvalue weighted by Gasteiger charge is 2.17. The van der Waals surface area contributed by atoms with Gasteiger partial charge in [-0.2, -0.15) is 0 Å². The molecule has 0 unspecified atom stereocenters. The van der Waals surface area contributed by atoms with Crippen molar-refractivity contribution in [2.45, 2.75) is 32.9 Å². The molecule has 0 amide bonds. The van der Waals surface area contributed by atoms with Crippen LogP contribution in [0.25, 0.3) is 11.4 Å². The summed E-state index contributed by atoms with van der Waals surface area (Å²) in [6, 6.07) is 2.17. The number of nitrogens with one attached hydrogen (secondary N) is 2. The standard InChI is InChI=1S/C12H17N5/c1-8(2)10-5-9(6-14-10)12-16-15-11-7-13-3-4-17(11)12/h5-6,8,13-14H,3-4,7H2,1-2H3. The Hall–Kier alpha value is -1.62. The highest BCUT2D eigenvalue weighted by molar-refractivity contribution is 5.56. The van der Waals surface area contributed by atoms with Crippen LogP contribution in [-0.2, 0) is 13.1 Å². The summed E-state index contributed by atoms with van der Waals surface area (Å²) >= 11 is 0. The molecule has 0 saturated heterocycles. The molecule has 2 N–H and O–H groups in total. The van der Waals surface area contributed by atoms with Gasteiger partial charge >= 0.3 is 0 Å². The Labute approximate surface area is 100 Å². The van der Waals surface area contributed by atoms with Crippen LogP contribution in [0.15, 0.2) is 12.3 Å². The van der Waals surface area contributed by atoms with Gasteiger partial charge in [0, 0.05) is 30.5 Å². The molecule has 5 heteroatoms. The Morgan fingerprint density at radius 1 is 1.35 bits per heavy atom. The van der Waals surface area contributed by atoms with E-state index in [4.69, 9.17) is 0 Å². The maximum absolute atomic E-state index is 4.29. The fraction of sp³-hybridized carbons (Fsp3) is 0.500. The molecule has 0 aliphatic carbocycles. The van der Waals surface area contributed by atoms with Crippen LogP contribution in [0.2, 0.25) is 0 Å². The maximum atomic E-state index is 4.29. The van der Waals surface area contributed by atoms with E-state index < -0.39 is 0 Å². The van der Waals surface area contributed by atoms with Crippen LogP contribution in [0.3, 0.4) is 0 Å². The number of aromatic nitrogens is 4. The largest absolute Gasteiger partial charge is 0.364 e. The van der Waals surface area contributed by atoms with Gasteiger partial charge in [-0.25, -0.2) is 0 Å². The molecule has 0 spiro atoms. The van der Waals surface area contributed by atoms with E-state index in [9.17, 15) is 0 Å². The van der Waals surface area contributed by atoms with Gasteiger partial charge in [-0.15, -0.1) is 10.2 Å². The van der Waals surface area contributed by atoms with Crippen LogP contribution in [0, 0.1) is 0 Å². The van der Waals surface area contributed by atoms with Gasteiger partial charge in [-0.05, 0) is 12.0 Å². The molecule has 90 valence electrons. The quantitative estimate of drug-likeness (QED) is 0.823. The van der Waals surface area contributed by atoms with Crippen LogP contribution in [-0.4, -0.2) is 26.3 Å². The third kappa shape index (κ3) is 1.76. The molecule has 0 saturated carbocycles. The van der Waals surface area contributed by atoms with Crippen molar-refractivity contribution in [1.82, 2.24) is 25.1 Å². The minimum atomic E-state index is 0.508. The predicted octanol–water partition coefficient (Wildman–Crippen LogP) is 1.50. The molecular formula is C12H17N5. The Kier molecular flexibility index (Phi) is 2.48. The molecule has 3 rings (SSSR count). The lowest BCUT2D eigenvalue weighted by atomic mass is 10.1. The first-order valence-electron chi connectivity index (χ1n) is 6.07. The van der Waals surface area contributed by atoms with Gasteiger partial charge < -0.3 is 14.9 Å². The molecular weight excluding hydrogens is 214 g/mol. The summed E-state index contributed by atoms with van der Waals surface area (Å²) in [4.78, 5) is 3.30. The second-order valence-corrected chi connectivity index (χ2v) is 4.77. The molecule has 2 aromatic heterocycles. The topological polar surface area (TPSA) is 58.5 Å². The lowest BCUT2D eigenvalue weighted by molar-refractivity contribution is 0.508. The van der Waals surface area contributed by atoms with Gasteiger partial charge in [-0.3, -0.25) is 0 Å². The highest BCUT2D eigenvalue weighted by atomic mass is 15.3. The van der Waals surface area contributed by atoms with E-state index in [1.807, 2.05) is 6.20 Å². The fourth-order valence-electron chi connectivity index (χ4n) is 2.18. The first kappa shape index (κ1) is 10.5. The minimum absolute atomic E-state index is 0.508. The number of hydrogen-bond acceptors (Lipinski definition) is 3. The average molecular weight is 231 g/mol. The van der Waals surface area contributed by atoms with E-state index in [-0.39, 0.29) is 0 Å². The Morgan fingerprint density at radius 3 is 3.00 bits per heavy atom. The molecule has 3 heterocycles. The van der Waals surface area contributed by atoms with Crippen molar-refractivity contribution in [3.8, 4) is 11.4 Å². The highest BCUT2D eigenvalue weighted by Crippen LogP contribution is 2.23. The molecule has 17 heavy (non-hydrogen) atoms. The first-order valence-corrected chi connectivity index (χ1v) is 6.07. The van der Waals surface area contributed by atoms with Crippen LogP contribution < -0.4 is 5.32 Å². The molecule has 0 bridgehead atoms. The van der Waals surface area contributed by atoms with Crippen molar-refractivity contribution in [3.63, 3.8) is 0 Å². The van der Waals surface area contributed by atoms with Gasteiger partial charge in [0.2, 0.25) is 0 Å². The number of rotatable bonds is 2. The van der Waals surface area contributed by atoms with Crippen LogP contribution >= 0.6 is 0 Å². The number of hydrogen-bond donors (Lipinski definition) is 2. The molecule has 2 aromatic rings. The SMILES string of the molecule is CC(C)c1cc(-c2nnc3n2CCNC3)c[nH]1. The monoisotopic (exact) mass is 231 g/mol. The van der Waals surface area contributed by atoms with E-state index in [1.165, 1.54) is 5.69 Å². The zero-order chi connectivity index (χ0) is 11.8. The summed E-state index contributed by atoms with van der Waals surface area (Å²) in [6.07, 6.45) is 2.02. The molecule has 0 fully saturated rings. The third-order valence-electron chi connectivity index (χ3n) is 3.21. The molecule has 0 aromatic carbocycles. The van der Waals surface area contributed by atoms with Gasteiger partial charge in [-0.1, -0.05) is 13.8 Å². The third-order valence-corrected chi connectivity index (χ3v) is 3.21. The summed E-state index contributed by atoms with van der Waals surface area (Å²) in [6.45, 7) is 7.10. The maximum Gasteiger partial charge on any atom is 0.165 e. The Morgan fingerprint density at radius 2 is 2.24 bits per heavy atom. The van der Waals surface area contributed by atoms with Crippen molar-refractivity contribution in [3.05, 3.63) is 23.8 Å². The van der Waals surface area contributed by atoms with E-state index in [1.54, 1.807) is 0 Å². The van der Waals surface area contributed by atoms with Gasteiger partial charge in [0.15, 0.2) is 5.82 Å². The van der Waals surface area contributed by atoms with Gasteiger partial charge in [0.25, 0.3) is 0 Å². The zero-order valence-electron chi connectivity index (χ0n) is 10.2. The van der Waals surface area contributed by atoms with Crippen molar-refractivity contribution >= 4 is 0 Å². The van der Waals surface area contributed by atoms with Gasteiger partial charge in [0.05, 0.1) is 6.54 Å². The Balaban J connectivity index is 2.00. The van der Waals surface area contributed by atoms with E-state index >= 15 is 0 Å². The zero-order valence-corrected chi connectivity index (χ0v) is 10.2. The second-order valence-electron chi connectivity index (χ2n) is 4.77. The summed E-state index contributed by atoms with van der Waals surface area (Å²) in [7, 11) is 0. The van der Waals surface area contributed by atoms with Crippen molar-refractivity contribution in [1.29, 1.82) is 0 Å². The van der Waals surface area contributed by atoms with Gasteiger partial charge in [0.1, 0.15) is 5.82 Å². The Bertz CT molecular complexity index is 523. The first-order chi connectivity index (χ1) is 8.25.